The fourth-order valence-corrected chi connectivity index (χ4v) is 4.13. The zero-order valence-electron chi connectivity index (χ0n) is 12.1. The van der Waals surface area contributed by atoms with Crippen molar-refractivity contribution < 1.29 is 4.79 Å². The molecule has 1 saturated heterocycles. The van der Waals surface area contributed by atoms with Crippen molar-refractivity contribution in [2.24, 2.45) is 5.92 Å². The fraction of sp³-hybridized carbons (Fsp3) is 0.562. The van der Waals surface area contributed by atoms with Crippen LogP contribution >= 0.6 is 0 Å². The number of fused-ring (bicyclic) bond motifs is 2. The standard InChI is InChI=1S/C16H22N4O/c17-12-2-4-15-11(8-12)5-6-20(15)9-10-1-3-13-14(7-10)19-16(21)18-13/h2,4,8,10,13-14H,1,3,5-7,9,17H2,(H2,18,19,21). The van der Waals surface area contributed by atoms with Gasteiger partial charge in [0.15, 0.2) is 0 Å². The molecule has 3 aliphatic rings. The average molecular weight is 286 g/mol. The van der Waals surface area contributed by atoms with Gasteiger partial charge in [-0.1, -0.05) is 0 Å². The Kier molecular flexibility index (Phi) is 2.94. The topological polar surface area (TPSA) is 70.4 Å². The van der Waals surface area contributed by atoms with Crippen molar-refractivity contribution in [3.8, 4) is 0 Å². The summed E-state index contributed by atoms with van der Waals surface area (Å²) in [5, 5.41) is 6.07. The van der Waals surface area contributed by atoms with E-state index in [2.05, 4.69) is 27.7 Å². The van der Waals surface area contributed by atoms with Gasteiger partial charge in [-0.25, -0.2) is 4.79 Å². The number of nitrogens with one attached hydrogen (secondary N) is 2. The molecule has 1 aromatic carbocycles. The van der Waals surface area contributed by atoms with E-state index in [-0.39, 0.29) is 6.03 Å². The second kappa shape index (κ2) is 4.83. The van der Waals surface area contributed by atoms with E-state index in [0.29, 0.717) is 18.0 Å². The third-order valence-electron chi connectivity index (χ3n) is 5.17. The first-order valence-electron chi connectivity index (χ1n) is 7.89. The minimum Gasteiger partial charge on any atom is -0.399 e. The summed E-state index contributed by atoms with van der Waals surface area (Å²) in [6.07, 6.45) is 4.47. The first kappa shape index (κ1) is 12.8. The number of hydrogen-bond donors (Lipinski definition) is 3. The van der Waals surface area contributed by atoms with Crippen molar-refractivity contribution in [3.05, 3.63) is 23.8 Å². The van der Waals surface area contributed by atoms with E-state index >= 15 is 0 Å². The van der Waals surface area contributed by atoms with Crippen molar-refractivity contribution in [1.29, 1.82) is 0 Å². The van der Waals surface area contributed by atoms with E-state index < -0.39 is 0 Å². The van der Waals surface area contributed by atoms with Gasteiger partial charge >= 0.3 is 6.03 Å². The Balaban J connectivity index is 1.43. The van der Waals surface area contributed by atoms with Crippen LogP contribution in [-0.2, 0) is 6.42 Å². The number of hydrogen-bond acceptors (Lipinski definition) is 3. The van der Waals surface area contributed by atoms with Crippen molar-refractivity contribution >= 4 is 17.4 Å². The molecule has 0 spiro atoms. The first-order valence-corrected chi connectivity index (χ1v) is 7.89. The number of urea groups is 1. The summed E-state index contributed by atoms with van der Waals surface area (Å²) < 4.78 is 0. The summed E-state index contributed by atoms with van der Waals surface area (Å²) in [4.78, 5) is 13.9. The van der Waals surface area contributed by atoms with Gasteiger partial charge in [0, 0.05) is 24.5 Å². The summed E-state index contributed by atoms with van der Waals surface area (Å²) in [6, 6.07) is 6.93. The minimum atomic E-state index is 0.00708. The van der Waals surface area contributed by atoms with Gasteiger partial charge in [0.1, 0.15) is 0 Å². The van der Waals surface area contributed by atoms with Crippen LogP contribution in [0.4, 0.5) is 16.2 Å². The number of carbonyl (C=O) groups is 1. The SMILES string of the molecule is Nc1ccc2c(c1)CCN2CC1CCC2NC(=O)NC2C1. The molecule has 5 heteroatoms. The molecule has 3 atom stereocenters. The van der Waals surface area contributed by atoms with Crippen molar-refractivity contribution in [2.75, 3.05) is 23.7 Å². The van der Waals surface area contributed by atoms with E-state index in [1.54, 1.807) is 0 Å². The Labute approximate surface area is 124 Å². The molecule has 2 amide bonds. The number of amides is 2. The van der Waals surface area contributed by atoms with E-state index in [1.807, 2.05) is 6.07 Å². The Morgan fingerprint density at radius 1 is 1.24 bits per heavy atom. The molecule has 5 nitrogen and oxygen atoms in total. The van der Waals surface area contributed by atoms with E-state index in [1.165, 1.54) is 17.7 Å². The second-order valence-electron chi connectivity index (χ2n) is 6.59. The van der Waals surface area contributed by atoms with Crippen LogP contribution in [0.15, 0.2) is 18.2 Å². The molecule has 2 aliphatic heterocycles. The molecule has 1 saturated carbocycles. The molecule has 4 rings (SSSR count). The molecule has 3 unspecified atom stereocenters. The lowest BCUT2D eigenvalue weighted by Crippen LogP contribution is -2.42. The maximum atomic E-state index is 11.4. The van der Waals surface area contributed by atoms with Crippen LogP contribution in [0.2, 0.25) is 0 Å². The van der Waals surface area contributed by atoms with Crippen molar-refractivity contribution in [3.63, 3.8) is 0 Å². The molecule has 2 heterocycles. The summed E-state index contributed by atoms with van der Waals surface area (Å²) in [5.74, 6) is 0.662. The van der Waals surface area contributed by atoms with Gasteiger partial charge in [-0.3, -0.25) is 0 Å². The third-order valence-corrected chi connectivity index (χ3v) is 5.17. The predicted octanol–water partition coefficient (Wildman–Crippen LogP) is 1.48. The molecule has 1 aromatic rings. The lowest BCUT2D eigenvalue weighted by Gasteiger charge is -2.33. The van der Waals surface area contributed by atoms with E-state index in [0.717, 1.165) is 38.0 Å². The van der Waals surface area contributed by atoms with Crippen LogP contribution in [0.25, 0.3) is 0 Å². The zero-order valence-corrected chi connectivity index (χ0v) is 12.1. The fourth-order valence-electron chi connectivity index (χ4n) is 4.13. The number of nitrogens with zero attached hydrogens (tertiary/aromatic N) is 1. The Bertz CT molecular complexity index is 573. The van der Waals surface area contributed by atoms with Gasteiger partial charge in [0.05, 0.1) is 12.1 Å². The molecule has 4 N–H and O–H groups in total. The largest absolute Gasteiger partial charge is 0.399 e. The average Bonchev–Trinajstić information content (AvgIpc) is 3.01. The van der Waals surface area contributed by atoms with Crippen LogP contribution in [-0.4, -0.2) is 31.2 Å². The summed E-state index contributed by atoms with van der Waals surface area (Å²) in [7, 11) is 0. The Morgan fingerprint density at radius 2 is 2.10 bits per heavy atom. The quantitative estimate of drug-likeness (QED) is 0.721. The van der Waals surface area contributed by atoms with Crippen LogP contribution in [0.3, 0.4) is 0 Å². The Morgan fingerprint density at radius 3 is 3.00 bits per heavy atom. The van der Waals surface area contributed by atoms with Gasteiger partial charge < -0.3 is 21.3 Å². The van der Waals surface area contributed by atoms with Gasteiger partial charge in [0.2, 0.25) is 0 Å². The molecule has 0 aromatic heterocycles. The zero-order chi connectivity index (χ0) is 14.4. The highest BCUT2D eigenvalue weighted by Gasteiger charge is 2.37. The van der Waals surface area contributed by atoms with Crippen LogP contribution in [0, 0.1) is 5.92 Å². The summed E-state index contributed by atoms with van der Waals surface area (Å²) in [6.45, 7) is 2.18. The molecule has 0 radical (unpaired) electrons. The normalized spacial score (nSPS) is 30.6. The highest BCUT2D eigenvalue weighted by molar-refractivity contribution is 5.77. The number of carbonyl (C=O) groups excluding carboxylic acids is 1. The van der Waals surface area contributed by atoms with Gasteiger partial charge in [-0.15, -0.1) is 0 Å². The van der Waals surface area contributed by atoms with Crippen LogP contribution in [0.1, 0.15) is 24.8 Å². The highest BCUT2D eigenvalue weighted by atomic mass is 16.2. The van der Waals surface area contributed by atoms with Crippen molar-refractivity contribution in [2.45, 2.75) is 37.8 Å². The molecule has 21 heavy (non-hydrogen) atoms. The summed E-state index contributed by atoms with van der Waals surface area (Å²) in [5.41, 5.74) is 9.45. The van der Waals surface area contributed by atoms with E-state index in [9.17, 15) is 4.79 Å². The maximum absolute atomic E-state index is 11.4. The van der Waals surface area contributed by atoms with Crippen LogP contribution < -0.4 is 21.3 Å². The molecule has 0 bridgehead atoms. The molecular formula is C16H22N4O. The molecule has 1 aliphatic carbocycles. The number of rotatable bonds is 2. The molecule has 112 valence electrons. The molecular weight excluding hydrogens is 264 g/mol. The van der Waals surface area contributed by atoms with Gasteiger partial charge in [0.25, 0.3) is 0 Å². The van der Waals surface area contributed by atoms with Crippen LogP contribution in [0.5, 0.6) is 0 Å². The van der Waals surface area contributed by atoms with Crippen molar-refractivity contribution in [1.82, 2.24) is 10.6 Å². The van der Waals surface area contributed by atoms with E-state index in [4.69, 9.17) is 5.73 Å². The lowest BCUT2D eigenvalue weighted by atomic mass is 9.83. The minimum absolute atomic E-state index is 0.00708. The predicted molar refractivity (Wildman–Crippen MR) is 83.4 cm³/mol. The Hall–Kier alpha value is -1.91. The first-order chi connectivity index (χ1) is 10.2. The number of benzene rings is 1. The number of anilines is 2. The highest BCUT2D eigenvalue weighted by Crippen LogP contribution is 2.33. The second-order valence-corrected chi connectivity index (χ2v) is 6.59. The summed E-state index contributed by atoms with van der Waals surface area (Å²) >= 11 is 0. The third kappa shape index (κ3) is 2.30. The van der Waals surface area contributed by atoms with Gasteiger partial charge in [-0.05, 0) is 55.4 Å². The smallest absolute Gasteiger partial charge is 0.315 e. The monoisotopic (exact) mass is 286 g/mol. The number of nitrogens with two attached hydrogens (primary N) is 1. The lowest BCUT2D eigenvalue weighted by molar-refractivity contribution is 0.247. The molecule has 2 fully saturated rings. The maximum Gasteiger partial charge on any atom is 0.315 e. The number of nitrogen functional groups attached to an aromatic ring is 1. The van der Waals surface area contributed by atoms with Gasteiger partial charge in [-0.2, -0.15) is 0 Å².